The molecule has 0 radical (unpaired) electrons. The van der Waals surface area contributed by atoms with Crippen LogP contribution in [0.25, 0.3) is 10.9 Å². The first kappa shape index (κ1) is 29.4. The number of aryl methyl sites for hydroxylation is 1. The number of pyridine rings is 1. The van der Waals surface area contributed by atoms with E-state index in [9.17, 15) is 14.9 Å². The zero-order valence-electron chi connectivity index (χ0n) is 24.9. The number of nitrogens with zero attached hydrogens (tertiary/aromatic N) is 5. The molecule has 43 heavy (non-hydrogen) atoms. The van der Waals surface area contributed by atoms with E-state index in [1.807, 2.05) is 45.9 Å². The number of carbonyl (C=O) groups excluding carboxylic acids is 2. The van der Waals surface area contributed by atoms with Gasteiger partial charge in [0.05, 0.1) is 30.6 Å². The molecule has 11 nitrogen and oxygen atoms in total. The molecule has 222 valence electrons. The highest BCUT2D eigenvalue weighted by Crippen LogP contribution is 2.33. The number of amides is 2. The number of hydrogen-bond donors (Lipinski definition) is 1. The van der Waals surface area contributed by atoms with Gasteiger partial charge in [-0.05, 0) is 75.9 Å². The van der Waals surface area contributed by atoms with Gasteiger partial charge >= 0.3 is 6.09 Å². The van der Waals surface area contributed by atoms with Crippen LogP contribution in [-0.4, -0.2) is 50.4 Å². The highest BCUT2D eigenvalue weighted by atomic mass is 16.6. The Morgan fingerprint density at radius 3 is 2.65 bits per heavy atom. The molecule has 2 amide bonds. The third-order valence-electron chi connectivity index (χ3n) is 6.68. The second-order valence-corrected chi connectivity index (χ2v) is 11.6. The van der Waals surface area contributed by atoms with Gasteiger partial charge in [0, 0.05) is 35.9 Å². The van der Waals surface area contributed by atoms with Crippen LogP contribution in [-0.2, 0) is 22.6 Å². The van der Waals surface area contributed by atoms with Gasteiger partial charge in [-0.25, -0.2) is 4.79 Å². The van der Waals surface area contributed by atoms with E-state index >= 15 is 0 Å². The molecule has 4 aromatic rings. The van der Waals surface area contributed by atoms with Crippen molar-refractivity contribution >= 4 is 28.6 Å². The number of benzene rings is 2. The van der Waals surface area contributed by atoms with E-state index in [1.165, 1.54) is 18.0 Å². The van der Waals surface area contributed by atoms with E-state index < -0.39 is 5.60 Å². The topological polar surface area (TPSA) is 132 Å². The summed E-state index contributed by atoms with van der Waals surface area (Å²) in [6, 6.07) is 13.1. The molecule has 1 N–H and O–H groups in total. The predicted octanol–water partition coefficient (Wildman–Crippen LogP) is 5.95. The Morgan fingerprint density at radius 1 is 1.16 bits per heavy atom. The highest BCUT2D eigenvalue weighted by molar-refractivity contribution is 5.91. The van der Waals surface area contributed by atoms with Crippen LogP contribution in [0, 0.1) is 18.3 Å². The first-order valence-electron chi connectivity index (χ1n) is 14.0. The maximum absolute atomic E-state index is 12.9. The number of fused-ring (bicyclic) bond motifs is 1. The van der Waals surface area contributed by atoms with E-state index in [0.29, 0.717) is 45.9 Å². The van der Waals surface area contributed by atoms with Gasteiger partial charge < -0.3 is 24.4 Å². The van der Waals surface area contributed by atoms with Crippen LogP contribution < -0.4 is 14.8 Å². The summed E-state index contributed by atoms with van der Waals surface area (Å²) < 4.78 is 18.4. The Balaban J connectivity index is 1.24. The van der Waals surface area contributed by atoms with Gasteiger partial charge in [0.1, 0.15) is 29.7 Å². The van der Waals surface area contributed by atoms with Gasteiger partial charge in [-0.2, -0.15) is 10.4 Å². The third kappa shape index (κ3) is 7.40. The fourth-order valence-corrected chi connectivity index (χ4v) is 4.72. The van der Waals surface area contributed by atoms with Crippen molar-refractivity contribution in [1.82, 2.24) is 19.7 Å². The molecule has 0 bridgehead atoms. The summed E-state index contributed by atoms with van der Waals surface area (Å²) in [5, 5.41) is 17.3. The summed E-state index contributed by atoms with van der Waals surface area (Å²) in [5.74, 6) is 1.09. The average molecular weight is 583 g/mol. The molecule has 1 saturated carbocycles. The summed E-state index contributed by atoms with van der Waals surface area (Å²) in [6.07, 6.45) is 6.32. The minimum atomic E-state index is -0.575. The lowest BCUT2D eigenvalue weighted by molar-refractivity contribution is -0.116. The van der Waals surface area contributed by atoms with Crippen molar-refractivity contribution in [3.05, 3.63) is 71.7 Å². The van der Waals surface area contributed by atoms with Gasteiger partial charge in [0.2, 0.25) is 5.91 Å². The van der Waals surface area contributed by atoms with Gasteiger partial charge in [-0.15, -0.1) is 0 Å². The van der Waals surface area contributed by atoms with E-state index in [1.54, 1.807) is 35.5 Å². The van der Waals surface area contributed by atoms with Crippen molar-refractivity contribution in [3.8, 4) is 23.3 Å². The Bertz CT molecular complexity index is 1710. The van der Waals surface area contributed by atoms with E-state index in [0.717, 1.165) is 24.0 Å². The number of ether oxygens (including phenoxy) is 3. The fraction of sp³-hybridized carbons (Fsp3) is 0.344. The van der Waals surface area contributed by atoms with Gasteiger partial charge in [0.25, 0.3) is 0 Å². The number of carbonyl (C=O) groups is 2. The highest BCUT2D eigenvalue weighted by Gasteiger charge is 2.35. The van der Waals surface area contributed by atoms with Gasteiger partial charge in [0.15, 0.2) is 5.75 Å². The Morgan fingerprint density at radius 2 is 1.95 bits per heavy atom. The van der Waals surface area contributed by atoms with Crippen LogP contribution in [0.5, 0.6) is 17.2 Å². The largest absolute Gasteiger partial charge is 0.495 e. The number of methoxy groups -OCH3 is 1. The number of anilines is 1. The quantitative estimate of drug-likeness (QED) is 0.256. The number of nitrogens with one attached hydrogen (secondary N) is 1. The Kier molecular flexibility index (Phi) is 8.21. The summed E-state index contributed by atoms with van der Waals surface area (Å²) >= 11 is 0. The normalized spacial score (nSPS) is 12.8. The molecule has 1 aliphatic rings. The zero-order chi connectivity index (χ0) is 30.7. The van der Waals surface area contributed by atoms with Gasteiger partial charge in [-0.1, -0.05) is 6.07 Å². The smallest absolute Gasteiger partial charge is 0.410 e. The molecule has 5 rings (SSSR count). The Labute approximate surface area is 250 Å². The first-order valence-corrected chi connectivity index (χ1v) is 14.0. The van der Waals surface area contributed by atoms with Crippen LogP contribution >= 0.6 is 0 Å². The average Bonchev–Trinajstić information content (AvgIpc) is 3.69. The molecule has 2 aromatic carbocycles. The third-order valence-corrected chi connectivity index (χ3v) is 6.68. The number of rotatable bonds is 9. The number of aromatic nitrogens is 3. The number of hydrogen-bond acceptors (Lipinski definition) is 8. The predicted molar refractivity (Wildman–Crippen MR) is 160 cm³/mol. The SMILES string of the molecule is COc1cc2nccc(Oc3cnn(CC(=O)Nc4cc(C)cc(CN(C(=O)OC(C)(C)C)C5CC5)c4)c3)c2cc1C#N. The summed E-state index contributed by atoms with van der Waals surface area (Å²) in [7, 11) is 1.50. The standard InChI is InChI=1S/C32H34N6O5/c1-20-10-21(17-38(24-6-7-24)31(40)43-32(2,3)4)12-23(11-20)36-30(39)19-37-18-25(16-35-37)42-28-8-9-34-27-14-29(41-5)22(15-33)13-26(27)28/h8-14,16,18,24H,6-7,17,19H2,1-5H3,(H,36,39). The maximum Gasteiger partial charge on any atom is 0.410 e. The summed E-state index contributed by atoms with van der Waals surface area (Å²) in [4.78, 5) is 31.9. The van der Waals surface area contributed by atoms with Crippen LogP contribution in [0.4, 0.5) is 10.5 Å². The minimum Gasteiger partial charge on any atom is -0.495 e. The second-order valence-electron chi connectivity index (χ2n) is 11.6. The minimum absolute atomic E-state index is 0.0361. The lowest BCUT2D eigenvalue weighted by atomic mass is 10.1. The molecule has 1 fully saturated rings. The summed E-state index contributed by atoms with van der Waals surface area (Å²) in [6.45, 7) is 7.88. The molecule has 2 heterocycles. The molecule has 0 atom stereocenters. The van der Waals surface area contributed by atoms with Crippen molar-refractivity contribution in [1.29, 1.82) is 5.26 Å². The van der Waals surface area contributed by atoms with Gasteiger partial charge in [-0.3, -0.25) is 14.5 Å². The van der Waals surface area contributed by atoms with E-state index in [2.05, 4.69) is 21.5 Å². The van der Waals surface area contributed by atoms with E-state index in [-0.39, 0.29) is 24.6 Å². The molecule has 0 spiro atoms. The lowest BCUT2D eigenvalue weighted by Crippen LogP contribution is -2.37. The van der Waals surface area contributed by atoms with Crippen LogP contribution in [0.3, 0.4) is 0 Å². The van der Waals surface area contributed by atoms with Crippen molar-refractivity contribution in [2.45, 2.75) is 65.3 Å². The van der Waals surface area contributed by atoms with Crippen molar-refractivity contribution in [2.75, 3.05) is 12.4 Å². The zero-order valence-corrected chi connectivity index (χ0v) is 24.9. The molecular weight excluding hydrogens is 548 g/mol. The molecule has 11 heteroatoms. The Hall–Kier alpha value is -5.11. The van der Waals surface area contributed by atoms with E-state index in [4.69, 9.17) is 14.2 Å². The number of nitriles is 1. The lowest BCUT2D eigenvalue weighted by Gasteiger charge is -2.27. The van der Waals surface area contributed by atoms with Crippen LogP contribution in [0.1, 0.15) is 50.3 Å². The maximum atomic E-state index is 12.9. The molecule has 0 saturated heterocycles. The molecule has 0 aliphatic heterocycles. The summed E-state index contributed by atoms with van der Waals surface area (Å²) in [5.41, 5.74) is 2.91. The molecule has 0 unspecified atom stereocenters. The fourth-order valence-electron chi connectivity index (χ4n) is 4.72. The molecular formula is C32H34N6O5. The van der Waals surface area contributed by atoms with Crippen molar-refractivity contribution in [2.24, 2.45) is 0 Å². The monoisotopic (exact) mass is 582 g/mol. The van der Waals surface area contributed by atoms with Crippen LogP contribution in [0.2, 0.25) is 0 Å². The van der Waals surface area contributed by atoms with Crippen molar-refractivity contribution in [3.63, 3.8) is 0 Å². The molecule has 1 aliphatic carbocycles. The first-order chi connectivity index (χ1) is 20.5. The second kappa shape index (κ2) is 12.0. The molecule has 2 aromatic heterocycles. The van der Waals surface area contributed by atoms with Crippen molar-refractivity contribution < 1.29 is 23.8 Å². The van der Waals surface area contributed by atoms with Crippen LogP contribution in [0.15, 0.2) is 55.0 Å².